The molecule has 0 bridgehead atoms. The summed E-state index contributed by atoms with van der Waals surface area (Å²) >= 11 is 0. The summed E-state index contributed by atoms with van der Waals surface area (Å²) in [6.45, 7) is 9.99. The molecule has 2 fully saturated rings. The molecule has 3 rings (SSSR count). The zero-order valence-electron chi connectivity index (χ0n) is 15.5. The van der Waals surface area contributed by atoms with Crippen LogP contribution in [-0.2, 0) is 0 Å². The Hall–Kier alpha value is -1.44. The number of aliphatic hydroxyl groups excluding tert-OH is 1. The van der Waals surface area contributed by atoms with E-state index in [0.29, 0.717) is 24.1 Å². The lowest BCUT2D eigenvalue weighted by molar-refractivity contribution is 0.0463. The van der Waals surface area contributed by atoms with Gasteiger partial charge in [0.25, 0.3) is 0 Å². The maximum absolute atomic E-state index is 9.55. The summed E-state index contributed by atoms with van der Waals surface area (Å²) in [4.78, 5) is 15.8. The minimum Gasteiger partial charge on any atom is -0.396 e. The van der Waals surface area contributed by atoms with Crippen LogP contribution in [0.4, 0.5) is 11.8 Å². The molecule has 2 aliphatic heterocycles. The van der Waals surface area contributed by atoms with Gasteiger partial charge in [0.2, 0.25) is 5.95 Å². The number of nitrogens with zero attached hydrogens (tertiary/aromatic N) is 5. The smallest absolute Gasteiger partial charge is 0.221 e. The van der Waals surface area contributed by atoms with Gasteiger partial charge in [0.05, 0.1) is 0 Å². The summed E-state index contributed by atoms with van der Waals surface area (Å²) in [7, 11) is 0. The Kier molecular flexibility index (Phi) is 6.09. The Balaban J connectivity index is 1.64. The highest BCUT2D eigenvalue weighted by atomic mass is 16.3. The molecule has 0 amide bonds. The van der Waals surface area contributed by atoms with E-state index in [1.54, 1.807) is 6.20 Å². The maximum atomic E-state index is 9.55. The van der Waals surface area contributed by atoms with Crippen LogP contribution in [0.25, 0.3) is 0 Å². The molecule has 7 heteroatoms. The molecular formula is C18H32N6O. The number of piperidine rings is 1. The fraction of sp³-hybridized carbons (Fsp3) is 0.778. The zero-order chi connectivity index (χ0) is 17.8. The van der Waals surface area contributed by atoms with Crippen molar-refractivity contribution >= 4 is 11.8 Å². The summed E-state index contributed by atoms with van der Waals surface area (Å²) in [5.74, 6) is 1.21. The van der Waals surface area contributed by atoms with Crippen molar-refractivity contribution in [1.29, 1.82) is 0 Å². The molecular weight excluding hydrogens is 316 g/mol. The van der Waals surface area contributed by atoms with Crippen LogP contribution < -0.4 is 10.6 Å². The van der Waals surface area contributed by atoms with Crippen LogP contribution in [0.15, 0.2) is 12.3 Å². The number of piperazine rings is 1. The molecule has 0 aliphatic carbocycles. The minimum absolute atomic E-state index is 0.228. The number of nitrogens with two attached hydrogens (primary N) is 1. The molecule has 0 radical (unpaired) electrons. The van der Waals surface area contributed by atoms with Crippen molar-refractivity contribution in [2.45, 2.75) is 51.2 Å². The SMILES string of the molecule is CC(C)N1CCC(N2CCN(c3ccnc(N)n3)C[C@@H]2CCO)CC1. The molecule has 3 heterocycles. The van der Waals surface area contributed by atoms with Crippen molar-refractivity contribution in [3.63, 3.8) is 0 Å². The predicted octanol–water partition coefficient (Wildman–Crippen LogP) is 0.805. The Morgan fingerprint density at radius 2 is 2.00 bits per heavy atom. The number of hydrogen-bond acceptors (Lipinski definition) is 7. The first-order valence-electron chi connectivity index (χ1n) is 9.52. The lowest BCUT2D eigenvalue weighted by atomic mass is 9.97. The number of nitrogen functional groups attached to an aromatic ring is 1. The second-order valence-electron chi connectivity index (χ2n) is 7.48. The fourth-order valence-electron chi connectivity index (χ4n) is 4.24. The third-order valence-electron chi connectivity index (χ3n) is 5.67. The Labute approximate surface area is 150 Å². The van der Waals surface area contributed by atoms with Gasteiger partial charge in [0, 0.05) is 50.6 Å². The molecule has 140 valence electrons. The Bertz CT molecular complexity index is 546. The van der Waals surface area contributed by atoms with Crippen LogP contribution in [0.2, 0.25) is 0 Å². The Morgan fingerprint density at radius 1 is 1.24 bits per heavy atom. The highest BCUT2D eigenvalue weighted by molar-refractivity contribution is 5.41. The van der Waals surface area contributed by atoms with E-state index in [9.17, 15) is 5.11 Å². The number of likely N-dealkylation sites (tertiary alicyclic amines) is 1. The summed E-state index contributed by atoms with van der Waals surface area (Å²) in [5, 5.41) is 9.55. The average Bonchev–Trinajstić information content (AvgIpc) is 2.62. The van der Waals surface area contributed by atoms with Gasteiger partial charge in [-0.2, -0.15) is 4.98 Å². The first-order valence-corrected chi connectivity index (χ1v) is 9.52. The largest absolute Gasteiger partial charge is 0.396 e. The van der Waals surface area contributed by atoms with E-state index in [0.717, 1.165) is 31.9 Å². The van der Waals surface area contributed by atoms with Gasteiger partial charge < -0.3 is 20.6 Å². The number of hydrogen-bond donors (Lipinski definition) is 2. The summed E-state index contributed by atoms with van der Waals surface area (Å²) in [6.07, 6.45) is 4.97. The van der Waals surface area contributed by atoms with E-state index in [1.807, 2.05) is 6.07 Å². The van der Waals surface area contributed by atoms with Gasteiger partial charge in [-0.05, 0) is 52.3 Å². The molecule has 2 aliphatic rings. The molecule has 3 N–H and O–H groups in total. The van der Waals surface area contributed by atoms with E-state index >= 15 is 0 Å². The van der Waals surface area contributed by atoms with Crippen LogP contribution in [-0.4, -0.2) is 82.3 Å². The Morgan fingerprint density at radius 3 is 2.64 bits per heavy atom. The van der Waals surface area contributed by atoms with Gasteiger partial charge >= 0.3 is 0 Å². The molecule has 2 saturated heterocycles. The van der Waals surface area contributed by atoms with Crippen molar-refractivity contribution in [2.75, 3.05) is 50.0 Å². The van der Waals surface area contributed by atoms with E-state index < -0.39 is 0 Å². The third-order valence-corrected chi connectivity index (χ3v) is 5.67. The van der Waals surface area contributed by atoms with Crippen molar-refractivity contribution in [3.05, 3.63) is 12.3 Å². The number of rotatable bonds is 5. The second-order valence-corrected chi connectivity index (χ2v) is 7.48. The van der Waals surface area contributed by atoms with Crippen LogP contribution in [0.5, 0.6) is 0 Å². The molecule has 1 aromatic heterocycles. The molecule has 0 saturated carbocycles. The van der Waals surface area contributed by atoms with Crippen molar-refractivity contribution in [3.8, 4) is 0 Å². The van der Waals surface area contributed by atoms with Gasteiger partial charge in [-0.25, -0.2) is 4.98 Å². The molecule has 1 aromatic rings. The first-order chi connectivity index (χ1) is 12.1. The van der Waals surface area contributed by atoms with Gasteiger partial charge in [0.1, 0.15) is 5.82 Å². The fourth-order valence-corrected chi connectivity index (χ4v) is 4.24. The topological polar surface area (TPSA) is 81.8 Å². The quantitative estimate of drug-likeness (QED) is 0.815. The summed E-state index contributed by atoms with van der Waals surface area (Å²) in [6, 6.07) is 3.55. The van der Waals surface area contributed by atoms with Crippen LogP contribution in [0, 0.1) is 0 Å². The highest BCUT2D eigenvalue weighted by Crippen LogP contribution is 2.26. The third kappa shape index (κ3) is 4.40. The van der Waals surface area contributed by atoms with Crippen LogP contribution >= 0.6 is 0 Å². The van der Waals surface area contributed by atoms with Gasteiger partial charge in [-0.3, -0.25) is 4.90 Å². The van der Waals surface area contributed by atoms with Gasteiger partial charge in [-0.15, -0.1) is 0 Å². The van der Waals surface area contributed by atoms with Crippen molar-refractivity contribution in [2.24, 2.45) is 0 Å². The van der Waals surface area contributed by atoms with E-state index in [-0.39, 0.29) is 6.61 Å². The van der Waals surface area contributed by atoms with E-state index in [2.05, 4.69) is 38.5 Å². The van der Waals surface area contributed by atoms with Gasteiger partial charge in [0.15, 0.2) is 0 Å². The first kappa shape index (κ1) is 18.4. The molecule has 0 aromatic carbocycles. The summed E-state index contributed by atoms with van der Waals surface area (Å²) < 4.78 is 0. The number of aromatic nitrogens is 2. The standard InChI is InChI=1S/C18H32N6O/c1-14(2)22-8-4-15(5-9-22)24-11-10-23(13-16(24)6-12-25)17-3-7-20-18(19)21-17/h3,7,14-16,25H,4-6,8-13H2,1-2H3,(H2,19,20,21)/t16-/m0/s1. The number of aliphatic hydroxyl groups is 1. The summed E-state index contributed by atoms with van der Waals surface area (Å²) in [5.41, 5.74) is 5.74. The average molecular weight is 348 g/mol. The molecule has 0 spiro atoms. The molecule has 25 heavy (non-hydrogen) atoms. The normalized spacial score (nSPS) is 24.2. The lowest BCUT2D eigenvalue weighted by Gasteiger charge is -2.48. The van der Waals surface area contributed by atoms with Gasteiger partial charge in [-0.1, -0.05) is 0 Å². The molecule has 1 atom stereocenters. The predicted molar refractivity (Wildman–Crippen MR) is 101 cm³/mol. The van der Waals surface area contributed by atoms with Crippen LogP contribution in [0.1, 0.15) is 33.1 Å². The van der Waals surface area contributed by atoms with E-state index in [1.165, 1.54) is 25.9 Å². The maximum Gasteiger partial charge on any atom is 0.221 e. The highest BCUT2D eigenvalue weighted by Gasteiger charge is 2.34. The monoisotopic (exact) mass is 348 g/mol. The van der Waals surface area contributed by atoms with E-state index in [4.69, 9.17) is 5.73 Å². The molecule has 0 unspecified atom stereocenters. The second kappa shape index (κ2) is 8.29. The lowest BCUT2D eigenvalue weighted by Crippen LogP contribution is -2.59. The van der Waals surface area contributed by atoms with Crippen molar-refractivity contribution in [1.82, 2.24) is 19.8 Å². The van der Waals surface area contributed by atoms with Crippen molar-refractivity contribution < 1.29 is 5.11 Å². The van der Waals surface area contributed by atoms with Crippen LogP contribution in [0.3, 0.4) is 0 Å². The number of anilines is 2. The zero-order valence-corrected chi connectivity index (χ0v) is 15.5. The minimum atomic E-state index is 0.228. The molecule has 7 nitrogen and oxygen atoms in total.